The van der Waals surface area contributed by atoms with Crippen LogP contribution in [0.15, 0.2) is 54.6 Å². The van der Waals surface area contributed by atoms with Gasteiger partial charge in [-0.2, -0.15) is 0 Å². The molecule has 110 valence electrons. The largest absolute Gasteiger partial charge is 0.317 e. The van der Waals surface area contributed by atoms with E-state index in [0.29, 0.717) is 0 Å². The number of nitrogens with one attached hydrogen (secondary N) is 1. The molecule has 0 heterocycles. The van der Waals surface area contributed by atoms with Crippen molar-refractivity contribution >= 4 is 0 Å². The number of hydrogen-bond donors (Lipinski definition) is 1. The summed E-state index contributed by atoms with van der Waals surface area (Å²) in [5.41, 5.74) is 4.15. The summed E-state index contributed by atoms with van der Waals surface area (Å²) in [5, 5.41) is 3.53. The molecule has 0 aromatic heterocycles. The summed E-state index contributed by atoms with van der Waals surface area (Å²) in [6, 6.07) is 19.9. The summed E-state index contributed by atoms with van der Waals surface area (Å²) in [4.78, 5) is 0. The Labute approximate surface area is 128 Å². The van der Waals surface area contributed by atoms with Crippen molar-refractivity contribution in [2.24, 2.45) is 5.92 Å². The first-order chi connectivity index (χ1) is 10.4. The van der Waals surface area contributed by atoms with Gasteiger partial charge >= 0.3 is 0 Å². The molecular formula is C20H25N. The van der Waals surface area contributed by atoms with E-state index in [1.165, 1.54) is 42.5 Å². The van der Waals surface area contributed by atoms with Crippen LogP contribution in [0.5, 0.6) is 0 Å². The van der Waals surface area contributed by atoms with Gasteiger partial charge in [0.05, 0.1) is 0 Å². The SMILES string of the molecule is CCNCC1CCCC1c1ccc(-c2ccccc2)cc1. The Morgan fingerprint density at radius 3 is 2.33 bits per heavy atom. The lowest BCUT2D eigenvalue weighted by atomic mass is 9.88. The maximum absolute atomic E-state index is 3.53. The number of rotatable bonds is 5. The van der Waals surface area contributed by atoms with Crippen LogP contribution in [0.2, 0.25) is 0 Å². The van der Waals surface area contributed by atoms with Gasteiger partial charge in [0.15, 0.2) is 0 Å². The van der Waals surface area contributed by atoms with Crippen molar-refractivity contribution in [3.05, 3.63) is 60.2 Å². The standard InChI is InChI=1S/C20H25N/c1-2-21-15-19-9-6-10-20(19)18-13-11-17(12-14-18)16-7-4-3-5-8-16/h3-5,7-8,11-14,19-21H,2,6,9-10,15H2,1H3. The Hall–Kier alpha value is -1.60. The van der Waals surface area contributed by atoms with Crippen molar-refractivity contribution in [1.29, 1.82) is 0 Å². The zero-order valence-corrected chi connectivity index (χ0v) is 12.9. The van der Waals surface area contributed by atoms with Gasteiger partial charge in [-0.05, 0) is 54.5 Å². The van der Waals surface area contributed by atoms with Crippen LogP contribution in [0.4, 0.5) is 0 Å². The van der Waals surface area contributed by atoms with E-state index in [0.717, 1.165) is 18.4 Å². The summed E-state index contributed by atoms with van der Waals surface area (Å²) < 4.78 is 0. The van der Waals surface area contributed by atoms with Crippen LogP contribution < -0.4 is 5.32 Å². The zero-order valence-electron chi connectivity index (χ0n) is 12.9. The van der Waals surface area contributed by atoms with Gasteiger partial charge in [-0.25, -0.2) is 0 Å². The summed E-state index contributed by atoms with van der Waals surface area (Å²) in [6.45, 7) is 4.44. The van der Waals surface area contributed by atoms with Crippen LogP contribution in [-0.2, 0) is 0 Å². The second kappa shape index (κ2) is 6.91. The highest BCUT2D eigenvalue weighted by Gasteiger charge is 2.27. The van der Waals surface area contributed by atoms with E-state index in [1.54, 1.807) is 0 Å². The molecule has 1 heteroatoms. The van der Waals surface area contributed by atoms with E-state index in [4.69, 9.17) is 0 Å². The molecule has 2 aromatic rings. The molecule has 1 fully saturated rings. The summed E-state index contributed by atoms with van der Waals surface area (Å²) in [7, 11) is 0. The van der Waals surface area contributed by atoms with E-state index in [-0.39, 0.29) is 0 Å². The van der Waals surface area contributed by atoms with Crippen molar-refractivity contribution in [3.8, 4) is 11.1 Å². The fraction of sp³-hybridized carbons (Fsp3) is 0.400. The Kier molecular flexibility index (Phi) is 4.72. The quantitative estimate of drug-likeness (QED) is 0.825. The lowest BCUT2D eigenvalue weighted by Crippen LogP contribution is -2.24. The Bertz CT molecular complexity index is 544. The molecule has 2 unspecified atom stereocenters. The molecule has 3 rings (SSSR count). The van der Waals surface area contributed by atoms with Gasteiger partial charge in [-0.15, -0.1) is 0 Å². The Morgan fingerprint density at radius 1 is 0.905 bits per heavy atom. The second-order valence-corrected chi connectivity index (χ2v) is 6.09. The molecule has 1 N–H and O–H groups in total. The normalized spacial score (nSPS) is 21.6. The van der Waals surface area contributed by atoms with E-state index in [9.17, 15) is 0 Å². The van der Waals surface area contributed by atoms with E-state index >= 15 is 0 Å². The first-order valence-corrected chi connectivity index (χ1v) is 8.24. The van der Waals surface area contributed by atoms with Crippen molar-refractivity contribution < 1.29 is 0 Å². The predicted octanol–water partition coefficient (Wildman–Crippen LogP) is 4.85. The monoisotopic (exact) mass is 279 g/mol. The van der Waals surface area contributed by atoms with Crippen molar-refractivity contribution in [2.75, 3.05) is 13.1 Å². The van der Waals surface area contributed by atoms with Gasteiger partial charge in [0, 0.05) is 0 Å². The zero-order chi connectivity index (χ0) is 14.5. The van der Waals surface area contributed by atoms with Gasteiger partial charge < -0.3 is 5.32 Å². The summed E-state index contributed by atoms with van der Waals surface area (Å²) >= 11 is 0. The first kappa shape index (κ1) is 14.3. The molecule has 0 bridgehead atoms. The third kappa shape index (κ3) is 3.36. The highest BCUT2D eigenvalue weighted by atomic mass is 14.8. The maximum Gasteiger partial charge on any atom is -0.00148 e. The molecule has 0 spiro atoms. The van der Waals surface area contributed by atoms with Crippen LogP contribution in [-0.4, -0.2) is 13.1 Å². The van der Waals surface area contributed by atoms with Crippen molar-refractivity contribution in [3.63, 3.8) is 0 Å². The maximum atomic E-state index is 3.53. The third-order valence-electron chi connectivity index (χ3n) is 4.76. The van der Waals surface area contributed by atoms with Gasteiger partial charge in [0.25, 0.3) is 0 Å². The second-order valence-electron chi connectivity index (χ2n) is 6.09. The van der Waals surface area contributed by atoms with Gasteiger partial charge in [0.2, 0.25) is 0 Å². The molecule has 1 nitrogen and oxygen atoms in total. The molecule has 1 saturated carbocycles. The minimum atomic E-state index is 0.744. The summed E-state index contributed by atoms with van der Waals surface area (Å²) in [5.74, 6) is 1.56. The molecule has 0 amide bonds. The molecule has 0 aliphatic heterocycles. The molecule has 0 radical (unpaired) electrons. The fourth-order valence-corrected chi connectivity index (χ4v) is 3.60. The minimum Gasteiger partial charge on any atom is -0.317 e. The van der Waals surface area contributed by atoms with Gasteiger partial charge in [-0.3, -0.25) is 0 Å². The third-order valence-corrected chi connectivity index (χ3v) is 4.76. The van der Waals surface area contributed by atoms with Gasteiger partial charge in [0.1, 0.15) is 0 Å². The molecule has 0 saturated heterocycles. The number of hydrogen-bond acceptors (Lipinski definition) is 1. The molecule has 2 aromatic carbocycles. The van der Waals surface area contributed by atoms with Crippen molar-refractivity contribution in [2.45, 2.75) is 32.1 Å². The predicted molar refractivity (Wildman–Crippen MR) is 90.5 cm³/mol. The molecule has 21 heavy (non-hydrogen) atoms. The highest BCUT2D eigenvalue weighted by molar-refractivity contribution is 5.63. The number of benzene rings is 2. The van der Waals surface area contributed by atoms with Crippen LogP contribution in [0.1, 0.15) is 37.7 Å². The Morgan fingerprint density at radius 2 is 1.62 bits per heavy atom. The molecular weight excluding hydrogens is 254 g/mol. The average molecular weight is 279 g/mol. The highest BCUT2D eigenvalue weighted by Crippen LogP contribution is 2.39. The topological polar surface area (TPSA) is 12.0 Å². The van der Waals surface area contributed by atoms with Crippen LogP contribution in [0.3, 0.4) is 0 Å². The lowest BCUT2D eigenvalue weighted by Gasteiger charge is -2.20. The van der Waals surface area contributed by atoms with Crippen molar-refractivity contribution in [1.82, 2.24) is 5.32 Å². The Balaban J connectivity index is 1.74. The average Bonchev–Trinajstić information content (AvgIpc) is 3.02. The smallest absolute Gasteiger partial charge is 0.00148 e. The van der Waals surface area contributed by atoms with E-state index < -0.39 is 0 Å². The first-order valence-electron chi connectivity index (χ1n) is 8.24. The van der Waals surface area contributed by atoms with Crippen LogP contribution in [0.25, 0.3) is 11.1 Å². The lowest BCUT2D eigenvalue weighted by molar-refractivity contribution is 0.450. The fourth-order valence-electron chi connectivity index (χ4n) is 3.60. The van der Waals surface area contributed by atoms with E-state index in [2.05, 4.69) is 66.8 Å². The van der Waals surface area contributed by atoms with Gasteiger partial charge in [-0.1, -0.05) is 67.9 Å². The molecule has 1 aliphatic carbocycles. The van der Waals surface area contributed by atoms with Crippen LogP contribution in [0, 0.1) is 5.92 Å². The van der Waals surface area contributed by atoms with E-state index in [1.807, 2.05) is 0 Å². The molecule has 1 aliphatic rings. The van der Waals surface area contributed by atoms with Crippen LogP contribution >= 0.6 is 0 Å². The minimum absolute atomic E-state index is 0.744. The summed E-state index contributed by atoms with van der Waals surface area (Å²) in [6.07, 6.45) is 4.10. The molecule has 2 atom stereocenters.